The van der Waals surface area contributed by atoms with Crippen molar-refractivity contribution in [2.24, 2.45) is 5.16 Å². The Balaban J connectivity index is 1.52. The van der Waals surface area contributed by atoms with E-state index in [9.17, 15) is 0 Å². The number of unbranched alkanes of at least 4 members (excludes halogenated alkanes) is 1. The quantitative estimate of drug-likeness (QED) is 0.707. The minimum Gasteiger partial charge on any atom is -0.497 e. The van der Waals surface area contributed by atoms with Crippen LogP contribution in [0.5, 0.6) is 0 Å². The Kier molecular flexibility index (Phi) is 5.30. The molecule has 2 aliphatic rings. The molecule has 3 rings (SSSR count). The van der Waals surface area contributed by atoms with Crippen LogP contribution in [0.15, 0.2) is 53.1 Å². The number of benzene rings is 1. The van der Waals surface area contributed by atoms with E-state index in [1.807, 2.05) is 6.08 Å². The van der Waals surface area contributed by atoms with Gasteiger partial charge in [0.15, 0.2) is 0 Å². The molecule has 0 unspecified atom stereocenters. The van der Waals surface area contributed by atoms with Gasteiger partial charge in [-0.05, 0) is 60.6 Å². The third kappa shape index (κ3) is 4.35. The van der Waals surface area contributed by atoms with E-state index < -0.39 is 0 Å². The molecule has 23 heavy (non-hydrogen) atoms. The molecular weight excluding hydrogens is 286 g/mol. The monoisotopic (exact) mass is 309 g/mol. The summed E-state index contributed by atoms with van der Waals surface area (Å²) in [5, 5.41) is 3.85. The number of rotatable bonds is 6. The van der Waals surface area contributed by atoms with Crippen molar-refractivity contribution >= 4 is 12.3 Å². The molecule has 0 N–H and O–H groups in total. The normalized spacial score (nSPS) is 16.0. The second kappa shape index (κ2) is 7.82. The zero-order valence-electron chi connectivity index (χ0n) is 13.6. The average molecular weight is 309 g/mol. The number of hydrogen-bond acceptors (Lipinski definition) is 3. The van der Waals surface area contributed by atoms with Crippen molar-refractivity contribution in [3.63, 3.8) is 0 Å². The van der Waals surface area contributed by atoms with E-state index in [1.165, 1.54) is 16.7 Å². The Hall–Kier alpha value is -2.29. The summed E-state index contributed by atoms with van der Waals surface area (Å²) in [5.74, 6) is 1.95. The molecule has 0 bridgehead atoms. The van der Waals surface area contributed by atoms with Crippen molar-refractivity contribution in [3.8, 4) is 0 Å². The zero-order valence-corrected chi connectivity index (χ0v) is 13.6. The predicted molar refractivity (Wildman–Crippen MR) is 94.1 cm³/mol. The first kappa shape index (κ1) is 15.6. The molecule has 3 nitrogen and oxygen atoms in total. The molecule has 3 heteroatoms. The summed E-state index contributed by atoms with van der Waals surface area (Å²) in [4.78, 5) is 5.24. The van der Waals surface area contributed by atoms with Gasteiger partial charge >= 0.3 is 0 Å². The van der Waals surface area contributed by atoms with Crippen molar-refractivity contribution < 1.29 is 9.57 Å². The Morgan fingerprint density at radius 3 is 2.87 bits per heavy atom. The van der Waals surface area contributed by atoms with Gasteiger partial charge in [-0.1, -0.05) is 29.4 Å². The van der Waals surface area contributed by atoms with E-state index in [2.05, 4.69) is 41.6 Å². The molecule has 0 atom stereocenters. The maximum Gasteiger partial charge on any atom is 0.131 e. The van der Waals surface area contributed by atoms with Crippen LogP contribution in [0.1, 0.15) is 42.4 Å². The number of allylic oxidation sites excluding steroid dienone is 4. The summed E-state index contributed by atoms with van der Waals surface area (Å²) < 4.78 is 5.32. The first-order valence-corrected chi connectivity index (χ1v) is 8.27. The van der Waals surface area contributed by atoms with Gasteiger partial charge in [0, 0.05) is 19.1 Å². The fourth-order valence-electron chi connectivity index (χ4n) is 2.89. The highest BCUT2D eigenvalue weighted by molar-refractivity contribution is 5.60. The van der Waals surface area contributed by atoms with Crippen molar-refractivity contribution in [2.45, 2.75) is 38.5 Å². The zero-order chi connectivity index (χ0) is 15.9. The van der Waals surface area contributed by atoms with Crippen LogP contribution in [0, 0.1) is 0 Å². The number of fused-ring (bicyclic) bond motifs is 1. The predicted octanol–water partition coefficient (Wildman–Crippen LogP) is 4.79. The van der Waals surface area contributed by atoms with Crippen LogP contribution in [0.25, 0.3) is 6.08 Å². The van der Waals surface area contributed by atoms with Crippen LogP contribution >= 0.6 is 0 Å². The summed E-state index contributed by atoms with van der Waals surface area (Å²) in [6.07, 6.45) is 16.4. The molecule has 1 heterocycles. The highest BCUT2D eigenvalue weighted by Crippen LogP contribution is 2.21. The lowest BCUT2D eigenvalue weighted by Crippen LogP contribution is -1.95. The molecule has 0 saturated heterocycles. The van der Waals surface area contributed by atoms with Crippen LogP contribution in [-0.4, -0.2) is 13.3 Å². The summed E-state index contributed by atoms with van der Waals surface area (Å²) >= 11 is 0. The lowest BCUT2D eigenvalue weighted by Gasteiger charge is -2.09. The number of oxime groups is 1. The van der Waals surface area contributed by atoms with Crippen LogP contribution in [0.4, 0.5) is 0 Å². The van der Waals surface area contributed by atoms with Crippen LogP contribution in [-0.2, 0) is 22.4 Å². The summed E-state index contributed by atoms with van der Waals surface area (Å²) in [6, 6.07) is 6.80. The minimum atomic E-state index is 0.893. The maximum absolute atomic E-state index is 5.32. The molecule has 1 aromatic rings. The lowest BCUT2D eigenvalue weighted by atomic mass is 9.99. The SMILES string of the molecule is COC1=CCc2ccc(CCCCC3=CCC=NO3)cc2C=C1. The number of nitrogens with zero attached hydrogens (tertiary/aromatic N) is 1. The van der Waals surface area contributed by atoms with E-state index >= 15 is 0 Å². The first-order chi connectivity index (χ1) is 11.3. The smallest absolute Gasteiger partial charge is 0.131 e. The Bertz CT molecular complexity index is 668. The standard InChI is InChI=1S/C20H23NO2/c1-22-19-12-10-17-9-8-16(15-18(17)11-13-19)5-2-3-6-20-7-4-14-21-23-20/h7-9,11-15H,2-6,10H2,1H3. The van der Waals surface area contributed by atoms with Crippen molar-refractivity contribution in [2.75, 3.05) is 7.11 Å². The van der Waals surface area contributed by atoms with Gasteiger partial charge in [0.05, 0.1) is 7.11 Å². The van der Waals surface area contributed by atoms with Gasteiger partial charge < -0.3 is 9.57 Å². The van der Waals surface area contributed by atoms with Crippen LogP contribution < -0.4 is 0 Å². The van der Waals surface area contributed by atoms with Gasteiger partial charge in [0.1, 0.15) is 11.5 Å². The van der Waals surface area contributed by atoms with Gasteiger partial charge in [0.25, 0.3) is 0 Å². The highest BCUT2D eigenvalue weighted by atomic mass is 16.6. The fraction of sp³-hybridized carbons (Fsp3) is 0.350. The molecular formula is C20H23NO2. The van der Waals surface area contributed by atoms with E-state index in [1.54, 1.807) is 13.3 Å². The van der Waals surface area contributed by atoms with Gasteiger partial charge in [-0.15, -0.1) is 0 Å². The first-order valence-electron chi connectivity index (χ1n) is 8.27. The fourth-order valence-corrected chi connectivity index (χ4v) is 2.89. The lowest BCUT2D eigenvalue weighted by molar-refractivity contribution is 0.210. The Morgan fingerprint density at radius 1 is 1.13 bits per heavy atom. The molecule has 1 aromatic carbocycles. The van der Waals surface area contributed by atoms with Crippen molar-refractivity contribution in [1.29, 1.82) is 0 Å². The molecule has 0 radical (unpaired) electrons. The van der Waals surface area contributed by atoms with Gasteiger partial charge in [-0.25, -0.2) is 0 Å². The number of ether oxygens (including phenoxy) is 1. The number of aryl methyl sites for hydroxylation is 1. The third-order valence-corrected chi connectivity index (χ3v) is 4.23. The highest BCUT2D eigenvalue weighted by Gasteiger charge is 2.06. The van der Waals surface area contributed by atoms with Crippen LogP contribution in [0.3, 0.4) is 0 Å². The Morgan fingerprint density at radius 2 is 2.04 bits per heavy atom. The molecule has 0 fully saturated rings. The van der Waals surface area contributed by atoms with Gasteiger partial charge in [0.2, 0.25) is 0 Å². The van der Waals surface area contributed by atoms with Crippen molar-refractivity contribution in [1.82, 2.24) is 0 Å². The topological polar surface area (TPSA) is 30.8 Å². The van der Waals surface area contributed by atoms with E-state index in [0.29, 0.717) is 0 Å². The molecule has 0 aromatic heterocycles. The molecule has 0 amide bonds. The summed E-state index contributed by atoms with van der Waals surface area (Å²) in [6.45, 7) is 0. The summed E-state index contributed by atoms with van der Waals surface area (Å²) in [7, 11) is 1.72. The molecule has 1 aliphatic heterocycles. The third-order valence-electron chi connectivity index (χ3n) is 4.23. The molecule has 120 valence electrons. The second-order valence-corrected chi connectivity index (χ2v) is 5.87. The molecule has 0 spiro atoms. The molecule has 1 aliphatic carbocycles. The summed E-state index contributed by atoms with van der Waals surface area (Å²) in [5.41, 5.74) is 4.06. The molecule has 0 saturated carbocycles. The van der Waals surface area contributed by atoms with Gasteiger partial charge in [-0.3, -0.25) is 0 Å². The average Bonchev–Trinajstić information content (AvgIpc) is 2.81. The van der Waals surface area contributed by atoms with Gasteiger partial charge in [-0.2, -0.15) is 0 Å². The van der Waals surface area contributed by atoms with E-state index in [4.69, 9.17) is 9.57 Å². The van der Waals surface area contributed by atoms with Crippen molar-refractivity contribution in [3.05, 3.63) is 64.6 Å². The van der Waals surface area contributed by atoms with Crippen LogP contribution in [0.2, 0.25) is 0 Å². The number of hydrogen-bond donors (Lipinski definition) is 0. The van der Waals surface area contributed by atoms with E-state index in [0.717, 1.165) is 50.0 Å². The van der Waals surface area contributed by atoms with E-state index in [-0.39, 0.29) is 0 Å². The minimum absolute atomic E-state index is 0.893. The largest absolute Gasteiger partial charge is 0.497 e. The Labute approximate surface area is 138 Å². The maximum atomic E-state index is 5.32. The second-order valence-electron chi connectivity index (χ2n) is 5.87. The number of methoxy groups -OCH3 is 1.